The molecule has 96 valence electrons. The van der Waals surface area contributed by atoms with Gasteiger partial charge in [0.1, 0.15) is 12.0 Å². The molecule has 1 aliphatic rings. The second-order valence-corrected chi connectivity index (χ2v) is 4.37. The summed E-state index contributed by atoms with van der Waals surface area (Å²) in [6, 6.07) is 1.33. The van der Waals surface area contributed by atoms with Crippen molar-refractivity contribution in [3.8, 4) is 0 Å². The molecule has 1 aromatic rings. The first-order valence-electron chi connectivity index (χ1n) is 5.71. The lowest BCUT2D eigenvalue weighted by atomic mass is 10.2. The Hall–Kier alpha value is -2.18. The van der Waals surface area contributed by atoms with E-state index in [0.29, 0.717) is 6.54 Å². The zero-order valence-corrected chi connectivity index (χ0v) is 10.00. The Kier molecular flexibility index (Phi) is 3.14. The van der Waals surface area contributed by atoms with E-state index in [-0.39, 0.29) is 29.0 Å². The normalized spacial score (nSPS) is 18.9. The number of nitrogen functional groups attached to an aromatic ring is 1. The summed E-state index contributed by atoms with van der Waals surface area (Å²) in [5.74, 6) is -0.251. The molecule has 0 spiro atoms. The van der Waals surface area contributed by atoms with E-state index < -0.39 is 4.92 Å². The molecule has 2 heterocycles. The van der Waals surface area contributed by atoms with Crippen LogP contribution in [0.25, 0.3) is 0 Å². The third-order valence-corrected chi connectivity index (χ3v) is 3.16. The second kappa shape index (κ2) is 4.59. The number of carbonyl (C=O) groups is 1. The smallest absolute Gasteiger partial charge is 0.288 e. The fraction of sp³-hybridized carbons (Fsp3) is 0.455. The minimum atomic E-state index is -0.587. The highest BCUT2D eigenvalue weighted by Crippen LogP contribution is 2.23. The standard InChI is InChI=1S/C11H14N4O3/c1-7-3-2-4-14(7)11(16)9-5-8(15(17)18)6-13-10(9)12/h5-7H,2-4H2,1H3,(H2,12,13). The molecular formula is C11H14N4O3. The molecule has 1 aliphatic heterocycles. The average Bonchev–Trinajstić information content (AvgIpc) is 2.75. The van der Waals surface area contributed by atoms with Gasteiger partial charge >= 0.3 is 0 Å². The Labute approximate surface area is 104 Å². The lowest BCUT2D eigenvalue weighted by molar-refractivity contribution is -0.385. The van der Waals surface area contributed by atoms with E-state index in [4.69, 9.17) is 5.73 Å². The topological polar surface area (TPSA) is 102 Å². The summed E-state index contributed by atoms with van der Waals surface area (Å²) in [4.78, 5) is 27.7. The number of likely N-dealkylation sites (tertiary alicyclic amines) is 1. The van der Waals surface area contributed by atoms with Gasteiger partial charge in [-0.2, -0.15) is 0 Å². The molecule has 2 N–H and O–H groups in total. The number of nitrogens with zero attached hydrogens (tertiary/aromatic N) is 3. The second-order valence-electron chi connectivity index (χ2n) is 4.37. The average molecular weight is 250 g/mol. The van der Waals surface area contributed by atoms with E-state index in [0.717, 1.165) is 19.0 Å². The van der Waals surface area contributed by atoms with Crippen LogP contribution in [0.5, 0.6) is 0 Å². The number of carbonyl (C=O) groups excluding carboxylic acids is 1. The van der Waals surface area contributed by atoms with Gasteiger partial charge in [-0.05, 0) is 19.8 Å². The summed E-state index contributed by atoms with van der Waals surface area (Å²) < 4.78 is 0. The van der Waals surface area contributed by atoms with Crippen LogP contribution < -0.4 is 5.73 Å². The molecule has 0 saturated carbocycles. The highest BCUT2D eigenvalue weighted by atomic mass is 16.6. The number of nitrogens with two attached hydrogens (primary N) is 1. The number of hydrogen-bond acceptors (Lipinski definition) is 5. The molecule has 0 aliphatic carbocycles. The first-order chi connectivity index (χ1) is 8.50. The van der Waals surface area contributed by atoms with E-state index >= 15 is 0 Å². The lowest BCUT2D eigenvalue weighted by Crippen LogP contribution is -2.34. The van der Waals surface area contributed by atoms with Gasteiger partial charge in [-0.3, -0.25) is 14.9 Å². The third-order valence-electron chi connectivity index (χ3n) is 3.16. The van der Waals surface area contributed by atoms with E-state index in [2.05, 4.69) is 4.98 Å². The summed E-state index contributed by atoms with van der Waals surface area (Å²) in [6.45, 7) is 2.61. The minimum absolute atomic E-state index is 0.0321. The van der Waals surface area contributed by atoms with Gasteiger partial charge in [-0.15, -0.1) is 0 Å². The maximum absolute atomic E-state index is 12.2. The van der Waals surface area contributed by atoms with Gasteiger partial charge in [0.05, 0.1) is 10.5 Å². The first-order valence-corrected chi connectivity index (χ1v) is 5.71. The van der Waals surface area contributed by atoms with Crippen molar-refractivity contribution in [2.75, 3.05) is 12.3 Å². The van der Waals surface area contributed by atoms with Gasteiger partial charge < -0.3 is 10.6 Å². The molecular weight excluding hydrogens is 236 g/mol. The van der Waals surface area contributed by atoms with Crippen molar-refractivity contribution in [2.45, 2.75) is 25.8 Å². The predicted molar refractivity (Wildman–Crippen MR) is 65.0 cm³/mol. The van der Waals surface area contributed by atoms with Crippen LogP contribution in [0.4, 0.5) is 11.5 Å². The maximum atomic E-state index is 12.2. The highest BCUT2D eigenvalue weighted by Gasteiger charge is 2.28. The quantitative estimate of drug-likeness (QED) is 0.627. The van der Waals surface area contributed by atoms with Crippen molar-refractivity contribution >= 4 is 17.4 Å². The summed E-state index contributed by atoms with van der Waals surface area (Å²) >= 11 is 0. The minimum Gasteiger partial charge on any atom is -0.383 e. The number of hydrogen-bond donors (Lipinski definition) is 1. The number of anilines is 1. The number of aromatic nitrogens is 1. The van der Waals surface area contributed by atoms with Crippen molar-refractivity contribution in [1.29, 1.82) is 0 Å². The molecule has 7 nitrogen and oxygen atoms in total. The first kappa shape index (κ1) is 12.3. The Balaban J connectivity index is 2.34. The van der Waals surface area contributed by atoms with Crippen LogP contribution in [0.2, 0.25) is 0 Å². The van der Waals surface area contributed by atoms with E-state index in [1.54, 1.807) is 4.90 Å². The van der Waals surface area contributed by atoms with Gasteiger partial charge in [-0.25, -0.2) is 4.98 Å². The van der Waals surface area contributed by atoms with Crippen LogP contribution in [0, 0.1) is 10.1 Å². The van der Waals surface area contributed by atoms with Gasteiger partial charge in [-0.1, -0.05) is 0 Å². The van der Waals surface area contributed by atoms with Crippen LogP contribution in [-0.2, 0) is 0 Å². The molecule has 1 fully saturated rings. The SMILES string of the molecule is CC1CCCN1C(=O)c1cc([N+](=O)[O-])cnc1N. The Morgan fingerprint density at radius 1 is 1.67 bits per heavy atom. The molecule has 1 saturated heterocycles. The Morgan fingerprint density at radius 3 is 2.94 bits per heavy atom. The zero-order chi connectivity index (χ0) is 13.3. The van der Waals surface area contributed by atoms with Crippen LogP contribution in [0.1, 0.15) is 30.1 Å². The van der Waals surface area contributed by atoms with Crippen molar-refractivity contribution in [3.05, 3.63) is 27.9 Å². The molecule has 1 atom stereocenters. The molecule has 1 unspecified atom stereocenters. The Morgan fingerprint density at radius 2 is 2.39 bits per heavy atom. The molecule has 1 aromatic heterocycles. The zero-order valence-electron chi connectivity index (χ0n) is 10.00. The van der Waals surface area contributed by atoms with E-state index in [1.807, 2.05) is 6.92 Å². The largest absolute Gasteiger partial charge is 0.383 e. The van der Waals surface area contributed by atoms with Crippen molar-refractivity contribution in [1.82, 2.24) is 9.88 Å². The molecule has 0 aromatic carbocycles. The predicted octanol–water partition coefficient (Wildman–Crippen LogP) is 1.20. The van der Waals surface area contributed by atoms with Crippen molar-refractivity contribution in [3.63, 3.8) is 0 Å². The van der Waals surface area contributed by atoms with Gasteiger partial charge in [0.2, 0.25) is 0 Å². The van der Waals surface area contributed by atoms with Crippen LogP contribution in [-0.4, -0.2) is 33.3 Å². The molecule has 2 rings (SSSR count). The molecule has 18 heavy (non-hydrogen) atoms. The fourth-order valence-corrected chi connectivity index (χ4v) is 2.13. The summed E-state index contributed by atoms with van der Waals surface area (Å²) in [7, 11) is 0. The lowest BCUT2D eigenvalue weighted by Gasteiger charge is -2.21. The monoisotopic (exact) mass is 250 g/mol. The van der Waals surface area contributed by atoms with Crippen molar-refractivity contribution < 1.29 is 9.72 Å². The Bertz CT molecular complexity index is 503. The summed E-state index contributed by atoms with van der Waals surface area (Å²) in [5.41, 5.74) is 5.51. The molecule has 7 heteroatoms. The highest BCUT2D eigenvalue weighted by molar-refractivity contribution is 5.99. The van der Waals surface area contributed by atoms with Crippen LogP contribution in [0.3, 0.4) is 0 Å². The van der Waals surface area contributed by atoms with E-state index in [9.17, 15) is 14.9 Å². The van der Waals surface area contributed by atoms with Crippen LogP contribution in [0.15, 0.2) is 12.3 Å². The third kappa shape index (κ3) is 2.11. The van der Waals surface area contributed by atoms with Gasteiger partial charge in [0, 0.05) is 18.7 Å². The number of amides is 1. The number of pyridine rings is 1. The van der Waals surface area contributed by atoms with Crippen LogP contribution >= 0.6 is 0 Å². The number of rotatable bonds is 2. The fourth-order valence-electron chi connectivity index (χ4n) is 2.13. The molecule has 1 amide bonds. The molecule has 0 radical (unpaired) electrons. The molecule has 0 bridgehead atoms. The van der Waals surface area contributed by atoms with Crippen molar-refractivity contribution in [2.24, 2.45) is 0 Å². The van der Waals surface area contributed by atoms with Gasteiger partial charge in [0.15, 0.2) is 0 Å². The summed E-state index contributed by atoms with van der Waals surface area (Å²) in [6.07, 6.45) is 2.93. The van der Waals surface area contributed by atoms with Gasteiger partial charge in [0.25, 0.3) is 11.6 Å². The van der Waals surface area contributed by atoms with E-state index in [1.165, 1.54) is 6.07 Å². The number of nitro groups is 1. The maximum Gasteiger partial charge on any atom is 0.288 e. The summed E-state index contributed by atoms with van der Waals surface area (Å²) in [5, 5.41) is 10.7.